The molecule has 0 aliphatic rings. The van der Waals surface area contributed by atoms with Gasteiger partial charge in [0, 0.05) is 17.3 Å². The fourth-order valence-corrected chi connectivity index (χ4v) is 1.31. The van der Waals surface area contributed by atoms with Gasteiger partial charge in [-0.15, -0.1) is 0 Å². The lowest BCUT2D eigenvalue weighted by Gasteiger charge is -1.95. The molecule has 0 unspecified atom stereocenters. The molecule has 0 saturated carbocycles. The van der Waals surface area contributed by atoms with Crippen LogP contribution in [0.3, 0.4) is 0 Å². The zero-order valence-electron chi connectivity index (χ0n) is 6.58. The van der Waals surface area contributed by atoms with Crippen LogP contribution in [0, 0.1) is 6.92 Å². The molecule has 0 fully saturated rings. The van der Waals surface area contributed by atoms with E-state index >= 15 is 0 Å². The maximum atomic E-state index is 5.79. The van der Waals surface area contributed by atoms with Gasteiger partial charge in [-0.3, -0.25) is 4.40 Å². The number of aryl methyl sites for hydroxylation is 1. The van der Waals surface area contributed by atoms with Crippen molar-refractivity contribution in [3.8, 4) is 0 Å². The third-order valence-corrected chi connectivity index (χ3v) is 2.04. The number of nitrogen functional groups attached to an aromatic ring is 1. The summed E-state index contributed by atoms with van der Waals surface area (Å²) in [7, 11) is 0. The van der Waals surface area contributed by atoms with Gasteiger partial charge in [-0.25, -0.2) is 4.98 Å². The summed E-state index contributed by atoms with van der Waals surface area (Å²) in [5, 5.41) is 0.674. The Hall–Kier alpha value is -1.22. The highest BCUT2D eigenvalue weighted by Gasteiger charge is 2.03. The van der Waals surface area contributed by atoms with Gasteiger partial charge in [-0.1, -0.05) is 11.6 Å². The Bertz CT molecular complexity index is 433. The molecule has 0 atom stereocenters. The summed E-state index contributed by atoms with van der Waals surface area (Å²) in [6.07, 6.45) is 1.81. The third-order valence-electron chi connectivity index (χ3n) is 1.81. The Balaban J connectivity index is 2.87. The van der Waals surface area contributed by atoms with Crippen molar-refractivity contribution in [3.05, 3.63) is 29.0 Å². The molecule has 12 heavy (non-hydrogen) atoms. The van der Waals surface area contributed by atoms with Crippen molar-refractivity contribution in [3.63, 3.8) is 0 Å². The average Bonchev–Trinajstić information content (AvgIpc) is 2.28. The van der Waals surface area contributed by atoms with E-state index in [0.29, 0.717) is 10.8 Å². The standard InChI is InChI=1S/C8H8ClN3/c1-5-8(10)12-3-2-6(9)4-7(12)11-5/h2-4H,10H2,1H3. The van der Waals surface area contributed by atoms with Crippen molar-refractivity contribution in [2.75, 3.05) is 5.73 Å². The largest absolute Gasteiger partial charge is 0.383 e. The number of imidazole rings is 1. The summed E-state index contributed by atoms with van der Waals surface area (Å²) in [5.41, 5.74) is 7.37. The van der Waals surface area contributed by atoms with Crippen LogP contribution in [0.4, 0.5) is 5.82 Å². The molecule has 2 aromatic heterocycles. The minimum absolute atomic E-state index is 0.668. The number of nitrogens with two attached hydrogens (primary N) is 1. The molecular formula is C8H8ClN3. The first-order valence-electron chi connectivity index (χ1n) is 3.58. The molecular weight excluding hydrogens is 174 g/mol. The molecule has 62 valence electrons. The lowest BCUT2D eigenvalue weighted by molar-refractivity contribution is 1.19. The lowest BCUT2D eigenvalue weighted by Crippen LogP contribution is -1.92. The predicted octanol–water partition coefficient (Wildman–Crippen LogP) is 1.88. The van der Waals surface area contributed by atoms with E-state index in [-0.39, 0.29) is 0 Å². The summed E-state index contributed by atoms with van der Waals surface area (Å²) >= 11 is 5.79. The fraction of sp³-hybridized carbons (Fsp3) is 0.125. The number of nitrogens with zero attached hydrogens (tertiary/aromatic N) is 2. The molecule has 2 heterocycles. The van der Waals surface area contributed by atoms with Crippen LogP contribution in [0.1, 0.15) is 5.69 Å². The SMILES string of the molecule is Cc1nc2cc(Cl)ccn2c1N. The Morgan fingerprint density at radius 1 is 1.58 bits per heavy atom. The van der Waals surface area contributed by atoms with Crippen LogP contribution in [0.5, 0.6) is 0 Å². The minimum atomic E-state index is 0.668. The van der Waals surface area contributed by atoms with Crippen molar-refractivity contribution in [2.45, 2.75) is 6.92 Å². The second-order valence-electron chi connectivity index (χ2n) is 2.66. The van der Waals surface area contributed by atoms with E-state index in [2.05, 4.69) is 4.98 Å². The van der Waals surface area contributed by atoms with Gasteiger partial charge in [0.2, 0.25) is 0 Å². The highest BCUT2D eigenvalue weighted by molar-refractivity contribution is 6.30. The van der Waals surface area contributed by atoms with Crippen LogP contribution in [0.2, 0.25) is 5.02 Å². The number of fused-ring (bicyclic) bond motifs is 1. The molecule has 4 heteroatoms. The topological polar surface area (TPSA) is 43.3 Å². The van der Waals surface area contributed by atoms with E-state index in [9.17, 15) is 0 Å². The van der Waals surface area contributed by atoms with Gasteiger partial charge >= 0.3 is 0 Å². The van der Waals surface area contributed by atoms with Gasteiger partial charge in [0.05, 0.1) is 5.69 Å². The van der Waals surface area contributed by atoms with Gasteiger partial charge in [-0.05, 0) is 13.0 Å². The number of hydrogen-bond acceptors (Lipinski definition) is 2. The third kappa shape index (κ3) is 0.940. The second kappa shape index (κ2) is 2.38. The number of rotatable bonds is 0. The number of aromatic nitrogens is 2. The van der Waals surface area contributed by atoms with Crippen LogP contribution in [0.25, 0.3) is 5.65 Å². The minimum Gasteiger partial charge on any atom is -0.383 e. The van der Waals surface area contributed by atoms with Crippen molar-refractivity contribution in [1.29, 1.82) is 0 Å². The zero-order chi connectivity index (χ0) is 8.72. The first-order valence-corrected chi connectivity index (χ1v) is 3.96. The van der Waals surface area contributed by atoms with Gasteiger partial charge in [-0.2, -0.15) is 0 Å². The molecule has 0 aliphatic heterocycles. The zero-order valence-corrected chi connectivity index (χ0v) is 7.34. The van der Waals surface area contributed by atoms with Crippen molar-refractivity contribution in [1.82, 2.24) is 9.38 Å². The summed E-state index contributed by atoms with van der Waals surface area (Å²) < 4.78 is 1.81. The van der Waals surface area contributed by atoms with E-state index in [0.717, 1.165) is 11.3 Å². The van der Waals surface area contributed by atoms with Crippen LogP contribution in [-0.4, -0.2) is 9.38 Å². The van der Waals surface area contributed by atoms with Crippen LogP contribution < -0.4 is 5.73 Å². The monoisotopic (exact) mass is 181 g/mol. The van der Waals surface area contributed by atoms with Crippen LogP contribution >= 0.6 is 11.6 Å². The summed E-state index contributed by atoms with van der Waals surface area (Å²) in [6, 6.07) is 3.57. The van der Waals surface area contributed by atoms with Crippen LogP contribution in [0.15, 0.2) is 18.3 Å². The summed E-state index contributed by atoms with van der Waals surface area (Å²) in [4.78, 5) is 4.23. The molecule has 2 rings (SSSR count). The number of anilines is 1. The van der Waals surface area contributed by atoms with E-state index in [1.165, 1.54) is 0 Å². The van der Waals surface area contributed by atoms with Crippen molar-refractivity contribution >= 4 is 23.1 Å². The quantitative estimate of drug-likeness (QED) is 0.675. The summed E-state index contributed by atoms with van der Waals surface area (Å²) in [6.45, 7) is 1.87. The summed E-state index contributed by atoms with van der Waals surface area (Å²) in [5.74, 6) is 0.668. The molecule has 0 bridgehead atoms. The maximum absolute atomic E-state index is 5.79. The molecule has 0 amide bonds. The molecule has 0 aromatic carbocycles. The highest BCUT2D eigenvalue weighted by Crippen LogP contribution is 2.17. The van der Waals surface area contributed by atoms with E-state index < -0.39 is 0 Å². The smallest absolute Gasteiger partial charge is 0.140 e. The maximum Gasteiger partial charge on any atom is 0.140 e. The van der Waals surface area contributed by atoms with E-state index in [1.54, 1.807) is 16.5 Å². The van der Waals surface area contributed by atoms with Gasteiger partial charge in [0.15, 0.2) is 0 Å². The molecule has 2 N–H and O–H groups in total. The highest BCUT2D eigenvalue weighted by atomic mass is 35.5. The van der Waals surface area contributed by atoms with Crippen molar-refractivity contribution in [2.24, 2.45) is 0 Å². The fourth-order valence-electron chi connectivity index (χ4n) is 1.16. The van der Waals surface area contributed by atoms with E-state index in [1.807, 2.05) is 13.1 Å². The first-order chi connectivity index (χ1) is 5.68. The Morgan fingerprint density at radius 2 is 2.33 bits per heavy atom. The molecule has 2 aromatic rings. The normalized spacial score (nSPS) is 10.8. The second-order valence-corrected chi connectivity index (χ2v) is 3.09. The van der Waals surface area contributed by atoms with E-state index in [4.69, 9.17) is 17.3 Å². The lowest BCUT2D eigenvalue weighted by atomic mass is 10.5. The van der Waals surface area contributed by atoms with Gasteiger partial charge < -0.3 is 5.73 Å². The molecule has 3 nitrogen and oxygen atoms in total. The number of hydrogen-bond donors (Lipinski definition) is 1. The number of halogens is 1. The molecule has 0 radical (unpaired) electrons. The molecule has 0 aliphatic carbocycles. The molecule has 0 saturated heterocycles. The van der Waals surface area contributed by atoms with Gasteiger partial charge in [0.1, 0.15) is 11.5 Å². The predicted molar refractivity (Wildman–Crippen MR) is 49.4 cm³/mol. The average molecular weight is 182 g/mol. The Morgan fingerprint density at radius 3 is 3.08 bits per heavy atom. The first kappa shape index (κ1) is 7.43. The van der Waals surface area contributed by atoms with Crippen LogP contribution in [-0.2, 0) is 0 Å². The van der Waals surface area contributed by atoms with Crippen molar-refractivity contribution < 1.29 is 0 Å². The Labute approximate surface area is 74.8 Å². The molecule has 0 spiro atoms. The van der Waals surface area contributed by atoms with Gasteiger partial charge in [0.25, 0.3) is 0 Å². The number of pyridine rings is 1. The Kier molecular flexibility index (Phi) is 1.48.